The predicted octanol–water partition coefficient (Wildman–Crippen LogP) is 3.74. The topological polar surface area (TPSA) is 118 Å². The SMILES string of the molecule is CN/C=C(\C=N)c1cc2c(cc1C(F)F)N(c1nn(C3CCN(CC(=O)O)CC3)c3c1CN(C(C)=O)CC3)CCC2. The van der Waals surface area contributed by atoms with Crippen molar-refractivity contribution in [1.29, 1.82) is 5.41 Å². The van der Waals surface area contributed by atoms with Crippen molar-refractivity contribution in [3.63, 3.8) is 0 Å². The van der Waals surface area contributed by atoms with Crippen LogP contribution in [0.3, 0.4) is 0 Å². The second kappa shape index (κ2) is 12.0. The molecule has 2 aromatic rings. The second-order valence-electron chi connectivity index (χ2n) is 10.9. The van der Waals surface area contributed by atoms with Crippen molar-refractivity contribution in [1.82, 2.24) is 24.9 Å². The lowest BCUT2D eigenvalue weighted by atomic mass is 9.92. The van der Waals surface area contributed by atoms with Gasteiger partial charge in [0.25, 0.3) is 6.43 Å². The highest BCUT2D eigenvalue weighted by atomic mass is 19.3. The number of nitrogens with one attached hydrogen (secondary N) is 2. The molecule has 0 saturated carbocycles. The molecule has 1 aromatic carbocycles. The number of amides is 1. The van der Waals surface area contributed by atoms with E-state index < -0.39 is 12.4 Å². The van der Waals surface area contributed by atoms with Gasteiger partial charge in [0.05, 0.1) is 19.1 Å². The van der Waals surface area contributed by atoms with Crippen LogP contribution in [0.4, 0.5) is 20.3 Å². The van der Waals surface area contributed by atoms with E-state index in [4.69, 9.17) is 10.5 Å². The zero-order valence-electron chi connectivity index (χ0n) is 23.5. The Hall–Kier alpha value is -3.80. The standard InChI is InChI=1S/C29H37F2N7O3/c1-18(39)36-11-7-25-24(16-36)29(34-38(25)21-5-9-35(10-6-21)17-27(40)41)37-8-3-4-19-12-22(20(14-32)15-33-2)23(28(30)31)13-26(19)37/h12-15,21,28,32-33H,3-11,16-17H2,1-2H3,(H,40,41)/b20-15+,32-14?. The largest absolute Gasteiger partial charge is 0.480 e. The summed E-state index contributed by atoms with van der Waals surface area (Å²) in [7, 11) is 1.67. The summed E-state index contributed by atoms with van der Waals surface area (Å²) in [6.45, 7) is 4.49. The van der Waals surface area contributed by atoms with Gasteiger partial charge >= 0.3 is 5.97 Å². The zero-order chi connectivity index (χ0) is 29.3. The average molecular weight is 570 g/mol. The minimum Gasteiger partial charge on any atom is -0.480 e. The van der Waals surface area contributed by atoms with E-state index in [0.29, 0.717) is 61.8 Å². The highest BCUT2D eigenvalue weighted by molar-refractivity contribution is 6.09. The van der Waals surface area contributed by atoms with Crippen molar-refractivity contribution >= 4 is 35.2 Å². The summed E-state index contributed by atoms with van der Waals surface area (Å²) in [6.07, 6.45) is 3.61. The highest BCUT2D eigenvalue weighted by Crippen LogP contribution is 2.42. The maximum absolute atomic E-state index is 14.4. The molecule has 12 heteroatoms. The second-order valence-corrected chi connectivity index (χ2v) is 10.9. The van der Waals surface area contributed by atoms with Crippen molar-refractivity contribution in [3.8, 4) is 0 Å². The Labute approximate surface area is 238 Å². The molecule has 41 heavy (non-hydrogen) atoms. The van der Waals surface area contributed by atoms with Crippen molar-refractivity contribution in [2.45, 2.75) is 58.0 Å². The first-order valence-electron chi connectivity index (χ1n) is 14.1. The fourth-order valence-electron chi connectivity index (χ4n) is 6.38. The number of alkyl halides is 2. The van der Waals surface area contributed by atoms with Crippen LogP contribution in [-0.2, 0) is 29.0 Å². The van der Waals surface area contributed by atoms with Crippen LogP contribution >= 0.6 is 0 Å². The van der Waals surface area contributed by atoms with Gasteiger partial charge in [-0.05, 0) is 48.9 Å². The van der Waals surface area contributed by atoms with Crippen LogP contribution in [0.25, 0.3) is 5.57 Å². The van der Waals surface area contributed by atoms with Crippen molar-refractivity contribution in [2.24, 2.45) is 0 Å². The number of carboxylic acid groups (broad SMARTS) is 1. The molecule has 1 saturated heterocycles. The summed E-state index contributed by atoms with van der Waals surface area (Å²) in [4.78, 5) is 29.3. The molecule has 5 rings (SSSR count). The van der Waals surface area contributed by atoms with E-state index in [-0.39, 0.29) is 24.1 Å². The maximum atomic E-state index is 14.4. The number of benzene rings is 1. The number of carboxylic acids is 1. The number of aryl methyl sites for hydroxylation is 1. The number of allylic oxidation sites excluding steroid dienone is 1. The van der Waals surface area contributed by atoms with Gasteiger partial charge in [0.2, 0.25) is 5.91 Å². The molecule has 1 fully saturated rings. The predicted molar refractivity (Wildman–Crippen MR) is 152 cm³/mol. The average Bonchev–Trinajstić information content (AvgIpc) is 3.33. The van der Waals surface area contributed by atoms with E-state index in [1.165, 1.54) is 0 Å². The van der Waals surface area contributed by atoms with Gasteiger partial charge in [-0.3, -0.25) is 19.2 Å². The number of halogens is 2. The zero-order valence-corrected chi connectivity index (χ0v) is 23.5. The third kappa shape index (κ3) is 5.70. The molecule has 0 bridgehead atoms. The Morgan fingerprint density at radius 1 is 1.20 bits per heavy atom. The molecule has 1 amide bonds. The number of carbonyl (C=O) groups excluding carboxylic acids is 1. The van der Waals surface area contributed by atoms with Gasteiger partial charge in [-0.25, -0.2) is 8.78 Å². The summed E-state index contributed by atoms with van der Waals surface area (Å²) in [5.41, 5.74) is 4.21. The van der Waals surface area contributed by atoms with Crippen LogP contribution in [0.15, 0.2) is 18.3 Å². The van der Waals surface area contributed by atoms with E-state index in [1.807, 2.05) is 9.80 Å². The highest BCUT2D eigenvalue weighted by Gasteiger charge is 2.34. The number of fused-ring (bicyclic) bond motifs is 2. The number of likely N-dealkylation sites (tertiary alicyclic amines) is 1. The number of hydrogen-bond acceptors (Lipinski definition) is 7. The van der Waals surface area contributed by atoms with E-state index in [1.54, 1.807) is 37.2 Å². The van der Waals surface area contributed by atoms with E-state index in [2.05, 4.69) is 10.00 Å². The van der Waals surface area contributed by atoms with Crippen molar-refractivity contribution < 1.29 is 23.5 Å². The first kappa shape index (κ1) is 28.7. The molecule has 0 spiro atoms. The molecule has 3 N–H and O–H groups in total. The van der Waals surface area contributed by atoms with Crippen LogP contribution in [0.5, 0.6) is 0 Å². The van der Waals surface area contributed by atoms with Gasteiger partial charge in [-0.15, -0.1) is 0 Å². The summed E-state index contributed by atoms with van der Waals surface area (Å²) in [5.74, 6) is -0.155. The first-order chi connectivity index (χ1) is 19.7. The van der Waals surface area contributed by atoms with Crippen LogP contribution < -0.4 is 10.2 Å². The van der Waals surface area contributed by atoms with Crippen LogP contribution in [0.1, 0.15) is 66.6 Å². The first-order valence-corrected chi connectivity index (χ1v) is 14.1. The number of piperidine rings is 1. The molecule has 10 nitrogen and oxygen atoms in total. The third-order valence-corrected chi connectivity index (χ3v) is 8.40. The summed E-state index contributed by atoms with van der Waals surface area (Å²) in [6, 6.07) is 3.42. The summed E-state index contributed by atoms with van der Waals surface area (Å²) < 4.78 is 30.8. The fraction of sp³-hybridized carbons (Fsp3) is 0.517. The van der Waals surface area contributed by atoms with E-state index in [9.17, 15) is 23.5 Å². The number of carbonyl (C=O) groups is 2. The molecule has 0 aliphatic carbocycles. The Kier molecular flexibility index (Phi) is 8.39. The lowest BCUT2D eigenvalue weighted by Crippen LogP contribution is -2.39. The number of anilines is 2. The van der Waals surface area contributed by atoms with Crippen LogP contribution in [0.2, 0.25) is 0 Å². The molecule has 3 aliphatic rings. The molecule has 0 atom stereocenters. The Morgan fingerprint density at radius 3 is 2.59 bits per heavy atom. The van der Waals surface area contributed by atoms with Crippen molar-refractivity contribution in [3.05, 3.63) is 46.3 Å². The maximum Gasteiger partial charge on any atom is 0.317 e. The number of rotatable bonds is 8. The number of nitrogens with zero attached hydrogens (tertiary/aromatic N) is 5. The Bertz CT molecular complexity index is 1360. The molecule has 3 aliphatic heterocycles. The summed E-state index contributed by atoms with van der Waals surface area (Å²) >= 11 is 0. The Balaban J connectivity index is 1.57. The van der Waals surface area contributed by atoms with Crippen molar-refractivity contribution in [2.75, 3.05) is 44.7 Å². The summed E-state index contributed by atoms with van der Waals surface area (Å²) in [5, 5.41) is 24.9. The quantitative estimate of drug-likeness (QED) is 0.415. The molecule has 0 radical (unpaired) electrons. The molecule has 220 valence electrons. The third-order valence-electron chi connectivity index (χ3n) is 8.40. The number of aliphatic carboxylic acids is 1. The molecule has 1 aromatic heterocycles. The lowest BCUT2D eigenvalue weighted by Gasteiger charge is -2.33. The Morgan fingerprint density at radius 2 is 1.95 bits per heavy atom. The monoisotopic (exact) mass is 569 g/mol. The van der Waals surface area contributed by atoms with E-state index >= 15 is 0 Å². The minimum atomic E-state index is -2.73. The molecule has 4 heterocycles. The van der Waals surface area contributed by atoms with Gasteiger partial charge < -0.3 is 25.6 Å². The number of aromatic nitrogens is 2. The fourth-order valence-corrected chi connectivity index (χ4v) is 6.38. The normalized spacial score (nSPS) is 18.3. The number of hydrogen-bond donors (Lipinski definition) is 3. The van der Waals surface area contributed by atoms with Crippen LogP contribution in [0, 0.1) is 5.41 Å². The molecular formula is C29H37F2N7O3. The van der Waals surface area contributed by atoms with Gasteiger partial charge in [0, 0.05) is 87.1 Å². The van der Waals surface area contributed by atoms with E-state index in [0.717, 1.165) is 48.7 Å². The van der Waals surface area contributed by atoms with Crippen LogP contribution in [-0.4, -0.2) is 82.5 Å². The smallest absolute Gasteiger partial charge is 0.317 e. The van der Waals surface area contributed by atoms with Gasteiger partial charge in [0.1, 0.15) is 0 Å². The van der Waals surface area contributed by atoms with Gasteiger partial charge in [-0.1, -0.05) is 0 Å². The minimum absolute atomic E-state index is 0.0181. The molecular weight excluding hydrogens is 532 g/mol. The lowest BCUT2D eigenvalue weighted by molar-refractivity contribution is -0.138. The van der Waals surface area contributed by atoms with Gasteiger partial charge in [-0.2, -0.15) is 5.10 Å². The molecule has 0 unspecified atom stereocenters. The van der Waals surface area contributed by atoms with Gasteiger partial charge in [0.15, 0.2) is 5.82 Å².